The Morgan fingerprint density at radius 1 is 1.36 bits per heavy atom. The largest absolute Gasteiger partial charge is 0.468 e. The van der Waals surface area contributed by atoms with Gasteiger partial charge in [-0.2, -0.15) is 0 Å². The molecule has 11 heavy (non-hydrogen) atoms. The number of ether oxygens (including phenoxy) is 1. The molecule has 0 aliphatic heterocycles. The van der Waals surface area contributed by atoms with Crippen molar-refractivity contribution in [1.29, 1.82) is 0 Å². The maximum absolute atomic E-state index is 11.0. The molecule has 0 bridgehead atoms. The molecule has 0 aromatic carbocycles. The van der Waals surface area contributed by atoms with E-state index in [1.807, 2.05) is 0 Å². The van der Waals surface area contributed by atoms with Crippen molar-refractivity contribution in [1.82, 2.24) is 0 Å². The van der Waals surface area contributed by atoms with Crippen molar-refractivity contribution in [2.45, 2.75) is 26.7 Å². The second-order valence-corrected chi connectivity index (χ2v) is 2.30. The fourth-order valence-corrected chi connectivity index (χ4v) is 0.914. The quantitative estimate of drug-likeness (QED) is 0.455. The van der Waals surface area contributed by atoms with Crippen molar-refractivity contribution in [2.24, 2.45) is 5.92 Å². The average Bonchev–Trinajstić information content (AvgIpc) is 2.05. The SMILES string of the molecule is CCC(=O)C(CC)C(=O)OC. The van der Waals surface area contributed by atoms with Crippen molar-refractivity contribution < 1.29 is 14.3 Å². The van der Waals surface area contributed by atoms with E-state index >= 15 is 0 Å². The Bertz CT molecular complexity index is 135. The molecule has 64 valence electrons. The molecule has 0 aromatic heterocycles. The Kier molecular flexibility index (Phi) is 4.50. The number of carbonyl (C=O) groups excluding carboxylic acids is 2. The number of methoxy groups -OCH3 is 1. The van der Waals surface area contributed by atoms with E-state index in [-0.39, 0.29) is 5.78 Å². The van der Waals surface area contributed by atoms with Gasteiger partial charge >= 0.3 is 5.97 Å². The van der Waals surface area contributed by atoms with Crippen LogP contribution in [0.15, 0.2) is 0 Å². The zero-order chi connectivity index (χ0) is 8.85. The van der Waals surface area contributed by atoms with Gasteiger partial charge in [-0.15, -0.1) is 0 Å². The fraction of sp³-hybridized carbons (Fsp3) is 0.750. The van der Waals surface area contributed by atoms with E-state index in [1.54, 1.807) is 13.8 Å². The smallest absolute Gasteiger partial charge is 0.316 e. The third-order valence-corrected chi connectivity index (χ3v) is 1.63. The lowest BCUT2D eigenvalue weighted by Gasteiger charge is -2.08. The number of Topliss-reactive ketones (excluding diaryl/α,β-unsaturated/α-hetero) is 1. The number of hydrogen-bond acceptors (Lipinski definition) is 3. The van der Waals surface area contributed by atoms with E-state index in [9.17, 15) is 9.59 Å². The maximum atomic E-state index is 11.0. The Hall–Kier alpha value is -0.860. The first kappa shape index (κ1) is 10.1. The lowest BCUT2D eigenvalue weighted by molar-refractivity contribution is -0.149. The summed E-state index contributed by atoms with van der Waals surface area (Å²) in [5.41, 5.74) is 0. The molecule has 0 aromatic rings. The van der Waals surface area contributed by atoms with Crippen LogP contribution in [0.2, 0.25) is 0 Å². The first-order valence-corrected chi connectivity index (χ1v) is 3.77. The summed E-state index contributed by atoms with van der Waals surface area (Å²) in [6.45, 7) is 3.54. The molecule has 0 saturated carbocycles. The predicted octanol–water partition coefficient (Wildman–Crippen LogP) is 1.16. The number of hydrogen-bond donors (Lipinski definition) is 0. The first-order chi connectivity index (χ1) is 5.17. The van der Waals surface area contributed by atoms with Gasteiger partial charge < -0.3 is 4.74 Å². The van der Waals surface area contributed by atoms with Gasteiger partial charge in [-0.25, -0.2) is 0 Å². The molecule has 0 fully saturated rings. The van der Waals surface area contributed by atoms with Gasteiger partial charge in [-0.3, -0.25) is 9.59 Å². The monoisotopic (exact) mass is 158 g/mol. The van der Waals surface area contributed by atoms with Crippen molar-refractivity contribution in [3.63, 3.8) is 0 Å². The van der Waals surface area contributed by atoms with E-state index in [4.69, 9.17) is 0 Å². The summed E-state index contributed by atoms with van der Waals surface area (Å²) in [4.78, 5) is 21.9. The van der Waals surface area contributed by atoms with Crippen LogP contribution < -0.4 is 0 Å². The third-order valence-electron chi connectivity index (χ3n) is 1.63. The summed E-state index contributed by atoms with van der Waals surface area (Å²) in [6.07, 6.45) is 0.924. The minimum absolute atomic E-state index is 0.0423. The molecule has 0 aliphatic rings. The molecule has 1 atom stereocenters. The molecular formula is C8H14O3. The standard InChI is InChI=1S/C8H14O3/c1-4-6(7(9)5-2)8(10)11-3/h6H,4-5H2,1-3H3. The molecule has 0 aliphatic carbocycles. The maximum Gasteiger partial charge on any atom is 0.316 e. The number of rotatable bonds is 4. The molecule has 1 unspecified atom stereocenters. The highest BCUT2D eigenvalue weighted by Crippen LogP contribution is 2.08. The number of esters is 1. The Labute approximate surface area is 66.7 Å². The highest BCUT2D eigenvalue weighted by atomic mass is 16.5. The van der Waals surface area contributed by atoms with Gasteiger partial charge in [0.2, 0.25) is 0 Å². The molecule has 0 amide bonds. The van der Waals surface area contributed by atoms with Crippen molar-refractivity contribution in [3.05, 3.63) is 0 Å². The van der Waals surface area contributed by atoms with Crippen molar-refractivity contribution >= 4 is 11.8 Å². The summed E-state index contributed by atoms with van der Waals surface area (Å²) >= 11 is 0. The van der Waals surface area contributed by atoms with Crippen LogP contribution >= 0.6 is 0 Å². The predicted molar refractivity (Wildman–Crippen MR) is 41.1 cm³/mol. The van der Waals surface area contributed by atoms with Crippen LogP contribution in [0.5, 0.6) is 0 Å². The lowest BCUT2D eigenvalue weighted by Crippen LogP contribution is -2.23. The fourth-order valence-electron chi connectivity index (χ4n) is 0.914. The average molecular weight is 158 g/mol. The molecule has 0 N–H and O–H groups in total. The van der Waals surface area contributed by atoms with Gasteiger partial charge in [0.05, 0.1) is 7.11 Å². The molecule has 0 radical (unpaired) electrons. The van der Waals surface area contributed by atoms with Crippen LogP contribution in [0.1, 0.15) is 26.7 Å². The van der Waals surface area contributed by atoms with Gasteiger partial charge in [0.1, 0.15) is 11.7 Å². The van der Waals surface area contributed by atoms with Crippen molar-refractivity contribution in [2.75, 3.05) is 7.11 Å². The zero-order valence-electron chi connectivity index (χ0n) is 7.22. The topological polar surface area (TPSA) is 43.4 Å². The molecule has 0 spiro atoms. The first-order valence-electron chi connectivity index (χ1n) is 3.77. The van der Waals surface area contributed by atoms with Crippen LogP contribution in [0.25, 0.3) is 0 Å². The van der Waals surface area contributed by atoms with Crippen molar-refractivity contribution in [3.8, 4) is 0 Å². The van der Waals surface area contributed by atoms with Gasteiger partial charge in [0, 0.05) is 6.42 Å². The Morgan fingerprint density at radius 2 is 1.91 bits per heavy atom. The minimum Gasteiger partial charge on any atom is -0.468 e. The van der Waals surface area contributed by atoms with Gasteiger partial charge in [0.25, 0.3) is 0 Å². The van der Waals surface area contributed by atoms with E-state index in [0.29, 0.717) is 12.8 Å². The van der Waals surface area contributed by atoms with Crippen LogP contribution in [0.4, 0.5) is 0 Å². The molecule has 0 saturated heterocycles. The second kappa shape index (κ2) is 4.88. The molecule has 3 nitrogen and oxygen atoms in total. The number of ketones is 1. The van der Waals surface area contributed by atoms with Gasteiger partial charge in [-0.05, 0) is 6.42 Å². The van der Waals surface area contributed by atoms with Gasteiger partial charge in [0.15, 0.2) is 0 Å². The van der Waals surface area contributed by atoms with E-state index in [1.165, 1.54) is 7.11 Å². The summed E-state index contributed by atoms with van der Waals surface area (Å²) in [6, 6.07) is 0. The molecule has 0 rings (SSSR count). The normalized spacial score (nSPS) is 12.3. The highest BCUT2D eigenvalue weighted by Gasteiger charge is 2.23. The molecule has 3 heteroatoms. The second-order valence-electron chi connectivity index (χ2n) is 2.30. The van der Waals surface area contributed by atoms with Crippen LogP contribution in [0, 0.1) is 5.92 Å². The van der Waals surface area contributed by atoms with E-state index in [0.717, 1.165) is 0 Å². The summed E-state index contributed by atoms with van der Waals surface area (Å²) in [7, 11) is 1.30. The van der Waals surface area contributed by atoms with Crippen LogP contribution in [-0.4, -0.2) is 18.9 Å². The zero-order valence-corrected chi connectivity index (χ0v) is 7.22. The Balaban J connectivity index is 4.15. The summed E-state index contributed by atoms with van der Waals surface area (Å²) < 4.78 is 4.47. The van der Waals surface area contributed by atoms with Crippen LogP contribution in [-0.2, 0) is 14.3 Å². The lowest BCUT2D eigenvalue weighted by atomic mass is 10.00. The van der Waals surface area contributed by atoms with E-state index in [2.05, 4.69) is 4.74 Å². The van der Waals surface area contributed by atoms with Gasteiger partial charge in [-0.1, -0.05) is 13.8 Å². The van der Waals surface area contributed by atoms with E-state index < -0.39 is 11.9 Å². The molecule has 0 heterocycles. The molecular weight excluding hydrogens is 144 g/mol. The number of carbonyl (C=O) groups is 2. The minimum atomic E-state index is -0.551. The highest BCUT2D eigenvalue weighted by molar-refractivity contribution is 5.98. The van der Waals surface area contributed by atoms with Crippen LogP contribution in [0.3, 0.4) is 0 Å². The summed E-state index contributed by atoms with van der Waals surface area (Å²) in [5, 5.41) is 0. The third kappa shape index (κ3) is 2.70. The summed E-state index contributed by atoms with van der Waals surface area (Å²) in [5.74, 6) is -1.01. The Morgan fingerprint density at radius 3 is 2.18 bits per heavy atom.